The number of hydrogen-bond acceptors (Lipinski definition) is 5. The van der Waals surface area contributed by atoms with E-state index in [1.54, 1.807) is 12.3 Å². The maximum absolute atomic E-state index is 10.7. The number of nitrogens with zero attached hydrogens (tertiary/aromatic N) is 4. The number of benzene rings is 1. The van der Waals surface area contributed by atoms with Crippen molar-refractivity contribution in [3.63, 3.8) is 0 Å². The number of azo groups is 1. The Labute approximate surface area is 142 Å². The Hall–Kier alpha value is -2.05. The summed E-state index contributed by atoms with van der Waals surface area (Å²) in [6.07, 6.45) is 1.65. The SMILES string of the molecule is Oc1c(N=Nc2ccccn2)c2cc(Cl)ccc2n1C1CSC1. The first kappa shape index (κ1) is 14.5. The second kappa shape index (κ2) is 5.86. The Bertz CT molecular complexity index is 890. The maximum Gasteiger partial charge on any atom is 0.221 e. The summed E-state index contributed by atoms with van der Waals surface area (Å²) in [7, 11) is 0. The highest BCUT2D eigenvalue weighted by Gasteiger charge is 2.27. The van der Waals surface area contributed by atoms with E-state index in [2.05, 4.69) is 15.2 Å². The molecule has 0 atom stereocenters. The molecule has 0 bridgehead atoms. The molecular weight excluding hydrogens is 332 g/mol. The average Bonchev–Trinajstić information content (AvgIpc) is 2.77. The van der Waals surface area contributed by atoms with Gasteiger partial charge in [0.15, 0.2) is 11.5 Å². The molecule has 0 spiro atoms. The zero-order valence-electron chi connectivity index (χ0n) is 12.1. The number of aromatic hydroxyl groups is 1. The van der Waals surface area contributed by atoms with Gasteiger partial charge in [-0.05, 0) is 30.3 Å². The molecule has 23 heavy (non-hydrogen) atoms. The minimum absolute atomic E-state index is 0.132. The summed E-state index contributed by atoms with van der Waals surface area (Å²) in [5.41, 5.74) is 1.36. The molecule has 5 nitrogen and oxygen atoms in total. The highest BCUT2D eigenvalue weighted by Crippen LogP contribution is 2.45. The summed E-state index contributed by atoms with van der Waals surface area (Å²) in [4.78, 5) is 4.11. The van der Waals surface area contributed by atoms with Crippen LogP contribution in [0.4, 0.5) is 11.5 Å². The van der Waals surface area contributed by atoms with Gasteiger partial charge in [0.25, 0.3) is 0 Å². The van der Waals surface area contributed by atoms with Gasteiger partial charge in [0.05, 0.1) is 11.6 Å². The number of rotatable bonds is 3. The molecule has 116 valence electrons. The number of aromatic nitrogens is 2. The second-order valence-electron chi connectivity index (χ2n) is 5.28. The van der Waals surface area contributed by atoms with Crippen LogP contribution < -0.4 is 0 Å². The third-order valence-electron chi connectivity index (χ3n) is 3.80. The van der Waals surface area contributed by atoms with Crippen LogP contribution in [0.15, 0.2) is 52.8 Å². The van der Waals surface area contributed by atoms with E-state index >= 15 is 0 Å². The van der Waals surface area contributed by atoms with Gasteiger partial charge in [0.1, 0.15) is 0 Å². The van der Waals surface area contributed by atoms with Gasteiger partial charge in [-0.25, -0.2) is 4.98 Å². The van der Waals surface area contributed by atoms with Gasteiger partial charge in [-0.15, -0.1) is 10.2 Å². The van der Waals surface area contributed by atoms with Crippen molar-refractivity contribution in [1.29, 1.82) is 0 Å². The van der Waals surface area contributed by atoms with Crippen LogP contribution in [0.3, 0.4) is 0 Å². The second-order valence-corrected chi connectivity index (χ2v) is 6.79. The lowest BCUT2D eigenvalue weighted by atomic mass is 10.2. The van der Waals surface area contributed by atoms with Gasteiger partial charge in [-0.2, -0.15) is 11.8 Å². The van der Waals surface area contributed by atoms with Crippen molar-refractivity contribution in [2.75, 3.05) is 11.5 Å². The minimum atomic E-state index is 0.132. The van der Waals surface area contributed by atoms with Crippen LogP contribution >= 0.6 is 23.4 Å². The van der Waals surface area contributed by atoms with Crippen molar-refractivity contribution >= 4 is 45.8 Å². The third-order valence-corrected chi connectivity index (χ3v) is 5.28. The summed E-state index contributed by atoms with van der Waals surface area (Å²) in [5, 5.41) is 20.4. The van der Waals surface area contributed by atoms with Crippen LogP contribution in [0.25, 0.3) is 10.9 Å². The van der Waals surface area contributed by atoms with Crippen molar-refractivity contribution in [2.24, 2.45) is 10.2 Å². The predicted octanol–water partition coefficient (Wildman–Crippen LogP) is 5.10. The monoisotopic (exact) mass is 344 g/mol. The van der Waals surface area contributed by atoms with E-state index in [1.165, 1.54) is 0 Å². The van der Waals surface area contributed by atoms with E-state index in [-0.39, 0.29) is 11.9 Å². The largest absolute Gasteiger partial charge is 0.493 e. The third kappa shape index (κ3) is 2.58. The van der Waals surface area contributed by atoms with E-state index in [1.807, 2.05) is 46.7 Å². The normalized spacial score (nSPS) is 15.3. The Kier molecular flexibility index (Phi) is 3.71. The molecule has 0 radical (unpaired) electrons. The van der Waals surface area contributed by atoms with Crippen LogP contribution in [-0.2, 0) is 0 Å². The van der Waals surface area contributed by atoms with Crippen LogP contribution in [0.5, 0.6) is 5.88 Å². The molecule has 2 aromatic heterocycles. The lowest BCUT2D eigenvalue weighted by molar-refractivity contribution is 0.406. The Morgan fingerprint density at radius 2 is 2.09 bits per heavy atom. The van der Waals surface area contributed by atoms with Crippen molar-refractivity contribution in [2.45, 2.75) is 6.04 Å². The first-order valence-corrected chi connectivity index (χ1v) is 8.70. The van der Waals surface area contributed by atoms with Crippen molar-refractivity contribution < 1.29 is 5.11 Å². The molecule has 1 aliphatic rings. The molecule has 7 heteroatoms. The van der Waals surface area contributed by atoms with E-state index in [0.717, 1.165) is 22.4 Å². The number of thioether (sulfide) groups is 1. The first-order chi connectivity index (χ1) is 11.2. The van der Waals surface area contributed by atoms with E-state index in [4.69, 9.17) is 11.6 Å². The summed E-state index contributed by atoms with van der Waals surface area (Å²) in [5.74, 6) is 2.59. The summed E-state index contributed by atoms with van der Waals surface area (Å²) < 4.78 is 1.93. The lowest BCUT2D eigenvalue weighted by Gasteiger charge is -2.27. The smallest absolute Gasteiger partial charge is 0.221 e. The molecule has 1 fully saturated rings. The topological polar surface area (TPSA) is 62.8 Å². The molecule has 1 saturated heterocycles. The van der Waals surface area contributed by atoms with E-state index in [9.17, 15) is 5.11 Å². The number of pyridine rings is 1. The van der Waals surface area contributed by atoms with Gasteiger partial charge in [-0.3, -0.25) is 0 Å². The minimum Gasteiger partial charge on any atom is -0.493 e. The molecule has 0 saturated carbocycles. The van der Waals surface area contributed by atoms with Gasteiger partial charge in [0, 0.05) is 28.1 Å². The molecule has 0 aliphatic carbocycles. The predicted molar refractivity (Wildman–Crippen MR) is 93.4 cm³/mol. The fourth-order valence-corrected chi connectivity index (χ4v) is 3.53. The molecule has 3 aromatic rings. The molecule has 0 unspecified atom stereocenters. The number of fused-ring (bicyclic) bond motifs is 1. The van der Waals surface area contributed by atoms with E-state index in [0.29, 0.717) is 16.5 Å². The molecule has 0 amide bonds. The molecular formula is C16H13ClN4OS. The molecule has 1 aliphatic heterocycles. The summed E-state index contributed by atoms with van der Waals surface area (Å²) >= 11 is 7.98. The highest BCUT2D eigenvalue weighted by atomic mass is 35.5. The standard InChI is InChI=1S/C16H13ClN4OS/c17-10-4-5-13-12(7-10)15(16(22)21(13)11-8-23-9-11)20-19-14-3-1-2-6-18-14/h1-7,11,22H,8-9H2. The van der Waals surface area contributed by atoms with E-state index < -0.39 is 0 Å². The van der Waals surface area contributed by atoms with Gasteiger partial charge in [-0.1, -0.05) is 17.7 Å². The van der Waals surface area contributed by atoms with Gasteiger partial charge in [0.2, 0.25) is 5.88 Å². The number of hydrogen-bond donors (Lipinski definition) is 1. The fourth-order valence-electron chi connectivity index (χ4n) is 2.61. The Balaban J connectivity index is 1.86. The van der Waals surface area contributed by atoms with Crippen molar-refractivity contribution in [3.8, 4) is 5.88 Å². The summed E-state index contributed by atoms with van der Waals surface area (Å²) in [6.45, 7) is 0. The van der Waals surface area contributed by atoms with Gasteiger partial charge < -0.3 is 9.67 Å². The van der Waals surface area contributed by atoms with Crippen molar-refractivity contribution in [3.05, 3.63) is 47.6 Å². The lowest BCUT2D eigenvalue weighted by Crippen LogP contribution is -2.22. The zero-order valence-corrected chi connectivity index (χ0v) is 13.6. The quantitative estimate of drug-likeness (QED) is 0.672. The maximum atomic E-state index is 10.7. The summed E-state index contributed by atoms with van der Waals surface area (Å²) in [6, 6.07) is 11.2. The Morgan fingerprint density at radius 3 is 2.78 bits per heavy atom. The number of halogens is 1. The van der Waals surface area contributed by atoms with Crippen LogP contribution in [-0.4, -0.2) is 26.2 Å². The van der Waals surface area contributed by atoms with Crippen LogP contribution in [0, 0.1) is 0 Å². The molecule has 1 N–H and O–H groups in total. The van der Waals surface area contributed by atoms with Crippen molar-refractivity contribution in [1.82, 2.24) is 9.55 Å². The molecule has 3 heterocycles. The highest BCUT2D eigenvalue weighted by molar-refractivity contribution is 8.00. The fraction of sp³-hybridized carbons (Fsp3) is 0.188. The molecule has 1 aromatic carbocycles. The van der Waals surface area contributed by atoms with Crippen LogP contribution in [0.1, 0.15) is 6.04 Å². The first-order valence-electron chi connectivity index (χ1n) is 7.17. The van der Waals surface area contributed by atoms with Gasteiger partial charge >= 0.3 is 0 Å². The van der Waals surface area contributed by atoms with Crippen LogP contribution in [0.2, 0.25) is 5.02 Å². The average molecular weight is 345 g/mol. The zero-order chi connectivity index (χ0) is 15.8. The Morgan fingerprint density at radius 1 is 1.22 bits per heavy atom. The molecule has 4 rings (SSSR count).